The molecule has 1 aliphatic rings. The fraction of sp³-hybridized carbons (Fsp3) is 0.350. The summed E-state index contributed by atoms with van der Waals surface area (Å²) in [6.45, 7) is 4.16. The number of pyridine rings is 1. The summed E-state index contributed by atoms with van der Waals surface area (Å²) < 4.78 is 28.3. The molecule has 0 amide bonds. The number of halogens is 1. The van der Waals surface area contributed by atoms with Gasteiger partial charge in [0.2, 0.25) is 0 Å². The van der Waals surface area contributed by atoms with E-state index in [1.54, 1.807) is 13.8 Å². The van der Waals surface area contributed by atoms with E-state index >= 15 is 0 Å². The molecule has 2 aromatic heterocycles. The zero-order valence-corrected chi connectivity index (χ0v) is 16.8. The average molecular weight is 415 g/mol. The fourth-order valence-corrected chi connectivity index (χ4v) is 3.45. The minimum absolute atomic E-state index is 0.0860. The number of anilines is 3. The largest absolute Gasteiger partial charge is 0.399 e. The summed E-state index contributed by atoms with van der Waals surface area (Å²) in [4.78, 5) is 29.9. The first-order valence-corrected chi connectivity index (χ1v) is 9.37. The molecule has 4 rings (SSSR count). The second-order valence-corrected chi connectivity index (χ2v) is 7.67. The molecule has 1 aliphatic heterocycles. The van der Waals surface area contributed by atoms with Crippen LogP contribution in [0.25, 0.3) is 11.0 Å². The van der Waals surface area contributed by atoms with Gasteiger partial charge in [0.15, 0.2) is 11.4 Å². The van der Waals surface area contributed by atoms with Crippen LogP contribution in [-0.2, 0) is 23.1 Å². The molecule has 1 saturated heterocycles. The van der Waals surface area contributed by atoms with E-state index in [1.165, 1.54) is 40.7 Å². The third-order valence-corrected chi connectivity index (χ3v) is 4.93. The molecule has 158 valence electrons. The lowest BCUT2D eigenvalue weighted by molar-refractivity contribution is -0.139. The molecule has 3 heterocycles. The molecule has 0 unspecified atom stereocenters. The van der Waals surface area contributed by atoms with E-state index in [-0.39, 0.29) is 51.9 Å². The maximum atomic E-state index is 14.3. The van der Waals surface area contributed by atoms with Crippen LogP contribution in [0, 0.1) is 5.82 Å². The molecule has 0 spiro atoms. The van der Waals surface area contributed by atoms with Gasteiger partial charge in [0.05, 0.1) is 24.5 Å². The quantitative estimate of drug-likeness (QED) is 0.624. The Morgan fingerprint density at radius 2 is 2.07 bits per heavy atom. The summed E-state index contributed by atoms with van der Waals surface area (Å²) in [5, 5.41) is 2.99. The standard InChI is InChI=1S/C20H22FN5O4/c1-20(2)29-9-12(30-20)8-26-10-23-18-17(19(26)28)15(7-16(27)25(18)3)24-14-5-4-11(22)6-13(14)21/h4-7,10,12,24H,8-9,22H2,1-3H3/t12-/m1/s1. The van der Waals surface area contributed by atoms with Crippen molar-refractivity contribution in [3.8, 4) is 0 Å². The van der Waals surface area contributed by atoms with Crippen LogP contribution in [0.2, 0.25) is 0 Å². The van der Waals surface area contributed by atoms with E-state index in [0.29, 0.717) is 6.61 Å². The van der Waals surface area contributed by atoms with Gasteiger partial charge in [-0.15, -0.1) is 0 Å². The summed E-state index contributed by atoms with van der Waals surface area (Å²) in [6, 6.07) is 5.35. The van der Waals surface area contributed by atoms with Gasteiger partial charge in [0, 0.05) is 18.8 Å². The third kappa shape index (κ3) is 3.66. The molecule has 3 N–H and O–H groups in total. The van der Waals surface area contributed by atoms with E-state index in [2.05, 4.69) is 10.3 Å². The molecule has 9 nitrogen and oxygen atoms in total. The fourth-order valence-electron chi connectivity index (χ4n) is 3.45. The second-order valence-electron chi connectivity index (χ2n) is 7.67. The number of aromatic nitrogens is 3. The van der Waals surface area contributed by atoms with Crippen molar-refractivity contribution in [3.05, 3.63) is 57.1 Å². The molecular formula is C20H22FN5O4. The Kier molecular flexibility index (Phi) is 4.83. The molecule has 1 fully saturated rings. The highest BCUT2D eigenvalue weighted by molar-refractivity contribution is 5.90. The molecule has 0 aliphatic carbocycles. The molecule has 1 atom stereocenters. The number of aryl methyl sites for hydroxylation is 1. The van der Waals surface area contributed by atoms with Crippen LogP contribution in [0.4, 0.5) is 21.5 Å². The Morgan fingerprint density at radius 3 is 2.73 bits per heavy atom. The highest BCUT2D eigenvalue weighted by Gasteiger charge is 2.33. The summed E-state index contributed by atoms with van der Waals surface area (Å²) in [6.07, 6.45) is 1.04. The Balaban J connectivity index is 1.80. The zero-order chi connectivity index (χ0) is 21.6. The van der Waals surface area contributed by atoms with Crippen molar-refractivity contribution >= 4 is 28.1 Å². The molecule has 10 heteroatoms. The van der Waals surface area contributed by atoms with Crippen LogP contribution in [-0.4, -0.2) is 32.6 Å². The molecule has 0 saturated carbocycles. The van der Waals surface area contributed by atoms with Gasteiger partial charge in [-0.3, -0.25) is 18.7 Å². The van der Waals surface area contributed by atoms with Crippen LogP contribution >= 0.6 is 0 Å². The molecule has 0 bridgehead atoms. The van der Waals surface area contributed by atoms with E-state index in [9.17, 15) is 14.0 Å². The van der Waals surface area contributed by atoms with Crippen LogP contribution in [0.3, 0.4) is 0 Å². The van der Waals surface area contributed by atoms with Gasteiger partial charge >= 0.3 is 0 Å². The van der Waals surface area contributed by atoms with Crippen LogP contribution in [0.1, 0.15) is 13.8 Å². The van der Waals surface area contributed by atoms with Crippen molar-refractivity contribution < 1.29 is 13.9 Å². The number of nitrogens with two attached hydrogens (primary N) is 1. The first kappa shape index (κ1) is 20.0. The highest BCUT2D eigenvalue weighted by Crippen LogP contribution is 2.25. The molecule has 3 aromatic rings. The summed E-state index contributed by atoms with van der Waals surface area (Å²) >= 11 is 0. The normalized spacial score (nSPS) is 18.1. The highest BCUT2D eigenvalue weighted by atomic mass is 19.1. The van der Waals surface area contributed by atoms with Crippen LogP contribution in [0.5, 0.6) is 0 Å². The van der Waals surface area contributed by atoms with Gasteiger partial charge in [0.25, 0.3) is 11.1 Å². The van der Waals surface area contributed by atoms with Crippen molar-refractivity contribution in [3.63, 3.8) is 0 Å². The van der Waals surface area contributed by atoms with Crippen LogP contribution in [0.15, 0.2) is 40.2 Å². The Hall–Kier alpha value is -3.24. The lowest BCUT2D eigenvalue weighted by Gasteiger charge is -2.18. The van der Waals surface area contributed by atoms with Gasteiger partial charge < -0.3 is 20.5 Å². The minimum atomic E-state index is -0.720. The Labute approximate surface area is 170 Å². The number of rotatable bonds is 4. The van der Waals surface area contributed by atoms with Crippen molar-refractivity contribution in [1.29, 1.82) is 0 Å². The number of ether oxygens (including phenoxy) is 2. The predicted molar refractivity (Wildman–Crippen MR) is 110 cm³/mol. The van der Waals surface area contributed by atoms with Gasteiger partial charge in [-0.2, -0.15) is 0 Å². The molecule has 1 aromatic carbocycles. The van der Waals surface area contributed by atoms with Gasteiger partial charge in [0.1, 0.15) is 23.6 Å². The lowest BCUT2D eigenvalue weighted by atomic mass is 10.2. The van der Waals surface area contributed by atoms with Crippen molar-refractivity contribution in [2.24, 2.45) is 7.05 Å². The monoisotopic (exact) mass is 415 g/mol. The maximum absolute atomic E-state index is 14.3. The number of fused-ring (bicyclic) bond motifs is 1. The van der Waals surface area contributed by atoms with Crippen molar-refractivity contribution in [2.45, 2.75) is 32.3 Å². The number of nitrogens with one attached hydrogen (secondary N) is 1. The molecule has 30 heavy (non-hydrogen) atoms. The smallest absolute Gasteiger partial charge is 0.264 e. The van der Waals surface area contributed by atoms with Crippen molar-refractivity contribution in [1.82, 2.24) is 14.1 Å². The van der Waals surface area contributed by atoms with Crippen LogP contribution < -0.4 is 22.2 Å². The van der Waals surface area contributed by atoms with Crippen molar-refractivity contribution in [2.75, 3.05) is 17.7 Å². The second kappa shape index (κ2) is 7.22. The summed E-state index contributed by atoms with van der Waals surface area (Å²) in [5.41, 5.74) is 5.51. The molecular weight excluding hydrogens is 393 g/mol. The number of hydrogen-bond acceptors (Lipinski definition) is 7. The van der Waals surface area contributed by atoms with E-state index in [4.69, 9.17) is 15.2 Å². The van der Waals surface area contributed by atoms with E-state index < -0.39 is 11.6 Å². The first-order chi connectivity index (χ1) is 14.1. The molecule has 0 radical (unpaired) electrons. The summed E-state index contributed by atoms with van der Waals surface area (Å²) in [7, 11) is 1.52. The Morgan fingerprint density at radius 1 is 1.30 bits per heavy atom. The number of benzene rings is 1. The van der Waals surface area contributed by atoms with Gasteiger partial charge in [-0.25, -0.2) is 9.37 Å². The minimum Gasteiger partial charge on any atom is -0.399 e. The summed E-state index contributed by atoms with van der Waals surface area (Å²) in [5.74, 6) is -1.33. The van der Waals surface area contributed by atoms with E-state index in [0.717, 1.165) is 6.07 Å². The lowest BCUT2D eigenvalue weighted by Crippen LogP contribution is -2.31. The van der Waals surface area contributed by atoms with E-state index in [1.807, 2.05) is 0 Å². The average Bonchev–Trinajstić information content (AvgIpc) is 3.01. The maximum Gasteiger partial charge on any atom is 0.264 e. The topological polar surface area (TPSA) is 113 Å². The number of hydrogen-bond donors (Lipinski definition) is 2. The zero-order valence-electron chi connectivity index (χ0n) is 16.8. The SMILES string of the molecule is Cn1c(=O)cc(Nc2ccc(N)cc2F)c2c(=O)n(C[C@@H]3COC(C)(C)O3)cnc21. The Bertz CT molecular complexity index is 1250. The van der Waals surface area contributed by atoms with Gasteiger partial charge in [-0.1, -0.05) is 0 Å². The third-order valence-electron chi connectivity index (χ3n) is 4.93. The van der Waals surface area contributed by atoms with Gasteiger partial charge in [-0.05, 0) is 32.0 Å². The first-order valence-electron chi connectivity index (χ1n) is 9.37. The number of nitrogens with zero attached hydrogens (tertiary/aromatic N) is 3. The number of nitrogen functional groups attached to an aromatic ring is 1. The predicted octanol–water partition coefficient (Wildman–Crippen LogP) is 1.71.